The zero-order chi connectivity index (χ0) is 9.59. The van der Waals surface area contributed by atoms with Crippen molar-refractivity contribution in [2.75, 3.05) is 0 Å². The van der Waals surface area contributed by atoms with Crippen molar-refractivity contribution in [3.05, 3.63) is 0 Å². The van der Waals surface area contributed by atoms with Gasteiger partial charge >= 0.3 is 45.5 Å². The van der Waals surface area contributed by atoms with Crippen LogP contribution in [0.5, 0.6) is 0 Å². The van der Waals surface area contributed by atoms with Crippen molar-refractivity contribution in [1.29, 1.82) is 0 Å². The molecule has 72 valence electrons. The Bertz CT molecular complexity index is 240. The fraction of sp³-hybridized carbons (Fsp3) is 0.778. The molecule has 0 N–H and O–H groups in total. The summed E-state index contributed by atoms with van der Waals surface area (Å²) in [5, 5.41) is 21.4. The largest absolute Gasteiger partial charge is 2.00 e. The molecule has 0 aromatic carbocycles. The molecule has 0 spiro atoms. The van der Waals surface area contributed by atoms with E-state index in [-0.39, 0.29) is 57.3 Å². The number of carbonyl (C=O) groups is 2. The number of rotatable bonds is 2. The smallest absolute Gasteiger partial charge is 0.550 e. The molecule has 0 aliphatic heterocycles. The number of carbonyl (C=O) groups excluding carboxylic acids is 2. The van der Waals surface area contributed by atoms with E-state index in [1.165, 1.54) is 0 Å². The van der Waals surface area contributed by atoms with Crippen molar-refractivity contribution in [3.63, 3.8) is 0 Å². The van der Waals surface area contributed by atoms with Crippen LogP contribution in [-0.2, 0) is 9.59 Å². The maximum Gasteiger partial charge on any atom is 2.00 e. The first kappa shape index (κ1) is 12.5. The van der Waals surface area contributed by atoms with E-state index < -0.39 is 23.8 Å². The molecule has 5 heteroatoms. The van der Waals surface area contributed by atoms with Crippen LogP contribution in [0.2, 0.25) is 0 Å². The molecule has 14 heavy (non-hydrogen) atoms. The molecule has 2 saturated carbocycles. The van der Waals surface area contributed by atoms with Crippen LogP contribution >= 0.6 is 0 Å². The van der Waals surface area contributed by atoms with Gasteiger partial charge in [0.25, 0.3) is 0 Å². The fourth-order valence-electron chi connectivity index (χ4n) is 2.97. The summed E-state index contributed by atoms with van der Waals surface area (Å²) in [6.07, 6.45) is 2.37. The fourth-order valence-corrected chi connectivity index (χ4v) is 2.97. The number of carboxylic acid groups (broad SMARTS) is 2. The Morgan fingerprint density at radius 3 is 1.57 bits per heavy atom. The van der Waals surface area contributed by atoms with Gasteiger partial charge < -0.3 is 19.8 Å². The zero-order valence-corrected chi connectivity index (χ0v) is 11.2. The molecule has 2 aliphatic carbocycles. The molecule has 2 fully saturated rings. The second-order valence-corrected chi connectivity index (χ2v) is 4.02. The average molecular weight is 270 g/mol. The maximum absolute atomic E-state index is 10.7. The molecule has 0 aromatic heterocycles. The Morgan fingerprint density at radius 1 is 0.929 bits per heavy atom. The quantitative estimate of drug-likeness (QED) is 0.532. The predicted molar refractivity (Wildman–Crippen MR) is 43.6 cm³/mol. The van der Waals surface area contributed by atoms with Crippen LogP contribution < -0.4 is 10.2 Å². The van der Waals surface area contributed by atoms with Crippen LogP contribution in [0.1, 0.15) is 19.3 Å². The van der Waals surface area contributed by atoms with Gasteiger partial charge in [0.2, 0.25) is 0 Å². The third kappa shape index (κ3) is 1.87. The molecule has 2 bridgehead atoms. The van der Waals surface area contributed by atoms with Crippen LogP contribution in [0.3, 0.4) is 0 Å². The van der Waals surface area contributed by atoms with Crippen molar-refractivity contribution in [1.82, 2.24) is 0 Å². The maximum atomic E-state index is 10.7. The van der Waals surface area contributed by atoms with Gasteiger partial charge in [0.1, 0.15) is 0 Å². The molecule has 0 saturated heterocycles. The van der Waals surface area contributed by atoms with Gasteiger partial charge in [-0.2, -0.15) is 0 Å². The van der Waals surface area contributed by atoms with Gasteiger partial charge in [-0.15, -0.1) is 0 Å². The normalized spacial score (nSPS) is 39.1. The van der Waals surface area contributed by atoms with Gasteiger partial charge in [-0.3, -0.25) is 0 Å². The Labute approximate surface area is 119 Å². The number of carboxylic acids is 2. The minimum Gasteiger partial charge on any atom is -0.550 e. The van der Waals surface area contributed by atoms with E-state index in [0.717, 1.165) is 19.3 Å². The molecule has 4 nitrogen and oxygen atoms in total. The van der Waals surface area contributed by atoms with Gasteiger partial charge in [0.05, 0.1) is 0 Å². The minimum atomic E-state index is -1.22. The molecule has 4 unspecified atom stereocenters. The predicted octanol–water partition coefficient (Wildman–Crippen LogP) is -2.23. The Kier molecular flexibility index (Phi) is 4.03. The number of hydrogen-bond acceptors (Lipinski definition) is 4. The molecular weight excluding hydrogens is 260 g/mol. The number of hydrogen-bond donors (Lipinski definition) is 0. The standard InChI is InChI=1S/C9H12O4.Sr/c10-8(11)6-4-1-2-5(3-4)7(6)9(12)13;/h4-7H,1-3H2,(H,10,11)(H,12,13);/q;+2/p-2. The summed E-state index contributed by atoms with van der Waals surface area (Å²) in [6, 6.07) is 0. The first-order chi connectivity index (χ1) is 6.11. The van der Waals surface area contributed by atoms with Gasteiger partial charge in [-0.05, 0) is 31.1 Å². The van der Waals surface area contributed by atoms with Gasteiger partial charge in [-0.1, -0.05) is 0 Å². The summed E-state index contributed by atoms with van der Waals surface area (Å²) in [5.41, 5.74) is 0. The molecule has 4 atom stereocenters. The van der Waals surface area contributed by atoms with E-state index in [2.05, 4.69) is 0 Å². The third-order valence-electron chi connectivity index (χ3n) is 3.46. The van der Waals surface area contributed by atoms with Crippen LogP contribution in [0.15, 0.2) is 0 Å². The van der Waals surface area contributed by atoms with E-state index in [9.17, 15) is 19.8 Å². The van der Waals surface area contributed by atoms with Crippen LogP contribution in [0.25, 0.3) is 0 Å². The van der Waals surface area contributed by atoms with E-state index >= 15 is 0 Å². The first-order valence-corrected chi connectivity index (χ1v) is 4.53. The van der Waals surface area contributed by atoms with Gasteiger partial charge in [-0.25, -0.2) is 0 Å². The zero-order valence-electron chi connectivity index (χ0n) is 7.77. The monoisotopic (exact) mass is 270 g/mol. The minimum absolute atomic E-state index is 0. The molecule has 0 radical (unpaired) electrons. The van der Waals surface area contributed by atoms with E-state index in [1.807, 2.05) is 0 Å². The van der Waals surface area contributed by atoms with Crippen molar-refractivity contribution in [2.45, 2.75) is 19.3 Å². The van der Waals surface area contributed by atoms with E-state index in [4.69, 9.17) is 0 Å². The van der Waals surface area contributed by atoms with Crippen molar-refractivity contribution < 1.29 is 19.8 Å². The van der Waals surface area contributed by atoms with E-state index in [0.29, 0.717) is 0 Å². The second kappa shape index (κ2) is 4.51. The summed E-state index contributed by atoms with van der Waals surface area (Å²) < 4.78 is 0. The van der Waals surface area contributed by atoms with Gasteiger partial charge in [0.15, 0.2) is 0 Å². The first-order valence-electron chi connectivity index (χ1n) is 4.53. The molecule has 2 rings (SSSR count). The molecule has 0 heterocycles. The van der Waals surface area contributed by atoms with Gasteiger partial charge in [0, 0.05) is 23.8 Å². The summed E-state index contributed by atoms with van der Waals surface area (Å²) in [7, 11) is 0. The van der Waals surface area contributed by atoms with Crippen molar-refractivity contribution in [3.8, 4) is 0 Å². The van der Waals surface area contributed by atoms with Crippen LogP contribution in [-0.4, -0.2) is 57.4 Å². The topological polar surface area (TPSA) is 80.3 Å². The van der Waals surface area contributed by atoms with E-state index in [1.54, 1.807) is 0 Å². The van der Waals surface area contributed by atoms with Crippen LogP contribution in [0.4, 0.5) is 0 Å². The van der Waals surface area contributed by atoms with Crippen molar-refractivity contribution in [2.24, 2.45) is 23.7 Å². The summed E-state index contributed by atoms with van der Waals surface area (Å²) >= 11 is 0. The Morgan fingerprint density at radius 2 is 1.29 bits per heavy atom. The summed E-state index contributed by atoms with van der Waals surface area (Å²) in [6.45, 7) is 0. The number of fused-ring (bicyclic) bond motifs is 2. The molecule has 0 aromatic rings. The Balaban J connectivity index is 0.000000980. The van der Waals surface area contributed by atoms with Crippen molar-refractivity contribution >= 4 is 57.4 Å². The molecule has 2 aliphatic rings. The molecule has 0 amide bonds. The van der Waals surface area contributed by atoms with Crippen LogP contribution in [0, 0.1) is 23.7 Å². The number of aliphatic carboxylic acids is 2. The third-order valence-corrected chi connectivity index (χ3v) is 3.46. The Hall–Kier alpha value is 0.421. The molecular formula is C9H10O4Sr. The summed E-state index contributed by atoms with van der Waals surface area (Å²) in [5.74, 6) is -4.02. The SMILES string of the molecule is O=C([O-])C1C2CCC(C2)C1C(=O)[O-].[Sr+2]. The summed E-state index contributed by atoms with van der Waals surface area (Å²) in [4.78, 5) is 21.4. The average Bonchev–Trinajstić information content (AvgIpc) is 2.60. The second-order valence-electron chi connectivity index (χ2n) is 4.02.